The Balaban J connectivity index is 1.40. The van der Waals surface area contributed by atoms with Crippen molar-refractivity contribution in [3.05, 3.63) is 35.6 Å². The van der Waals surface area contributed by atoms with E-state index in [-0.39, 0.29) is 30.8 Å². The van der Waals surface area contributed by atoms with E-state index >= 15 is 0 Å². The molecule has 0 aromatic heterocycles. The minimum Gasteiger partial charge on any atom is -0.350 e. The van der Waals surface area contributed by atoms with Gasteiger partial charge in [0.2, 0.25) is 5.91 Å². The summed E-state index contributed by atoms with van der Waals surface area (Å²) in [5.41, 5.74) is -0.429. The fraction of sp³-hybridized carbons (Fsp3) is 0.500. The molecule has 0 unspecified atom stereocenters. The Morgan fingerprint density at radius 3 is 2.44 bits per heavy atom. The molecule has 1 saturated heterocycles. The second-order valence-electron chi connectivity index (χ2n) is 7.11. The normalized spacial score (nSPS) is 22.0. The second kappa shape index (κ2) is 5.82. The summed E-state index contributed by atoms with van der Waals surface area (Å²) in [5, 5.41) is 5.45. The van der Waals surface area contributed by atoms with Crippen molar-refractivity contribution in [3.63, 3.8) is 0 Å². The van der Waals surface area contributed by atoms with Gasteiger partial charge in [0.05, 0.1) is 0 Å². The summed E-state index contributed by atoms with van der Waals surface area (Å²) in [5.74, 6) is -0.761. The Labute approximate surface area is 144 Å². The van der Waals surface area contributed by atoms with Crippen LogP contribution in [-0.2, 0) is 16.1 Å². The number of nitrogens with zero attached hydrogens (tertiary/aromatic N) is 1. The Bertz CT molecular complexity index is 731. The SMILES string of the molecule is O=C(CN1C(=O)NC(C2CC2)(C2CC2)C1=O)NCc1ccccc1F. The van der Waals surface area contributed by atoms with Gasteiger partial charge in [-0.15, -0.1) is 0 Å². The van der Waals surface area contributed by atoms with Gasteiger partial charge in [-0.3, -0.25) is 14.5 Å². The van der Waals surface area contributed by atoms with Crippen molar-refractivity contribution < 1.29 is 18.8 Å². The highest BCUT2D eigenvalue weighted by Gasteiger charge is 2.65. The van der Waals surface area contributed by atoms with Gasteiger partial charge in [-0.2, -0.15) is 0 Å². The summed E-state index contributed by atoms with van der Waals surface area (Å²) in [4.78, 5) is 38.3. The highest BCUT2D eigenvalue weighted by atomic mass is 19.1. The maximum absolute atomic E-state index is 13.6. The van der Waals surface area contributed by atoms with Crippen LogP contribution in [0.2, 0.25) is 0 Å². The first-order valence-corrected chi connectivity index (χ1v) is 8.66. The zero-order chi connectivity index (χ0) is 17.6. The Hall–Kier alpha value is -2.44. The van der Waals surface area contributed by atoms with E-state index < -0.39 is 23.3 Å². The molecule has 2 saturated carbocycles. The van der Waals surface area contributed by atoms with Crippen LogP contribution in [0.4, 0.5) is 9.18 Å². The number of amides is 4. The molecule has 3 aliphatic rings. The molecule has 0 atom stereocenters. The van der Waals surface area contributed by atoms with Crippen LogP contribution in [0.1, 0.15) is 31.2 Å². The van der Waals surface area contributed by atoms with Crippen molar-refractivity contribution in [1.82, 2.24) is 15.5 Å². The number of benzene rings is 1. The van der Waals surface area contributed by atoms with E-state index in [2.05, 4.69) is 10.6 Å². The smallest absolute Gasteiger partial charge is 0.325 e. The van der Waals surface area contributed by atoms with E-state index in [0.717, 1.165) is 30.6 Å². The topological polar surface area (TPSA) is 78.5 Å². The van der Waals surface area contributed by atoms with Gasteiger partial charge in [-0.1, -0.05) is 18.2 Å². The Morgan fingerprint density at radius 2 is 1.84 bits per heavy atom. The van der Waals surface area contributed by atoms with Crippen LogP contribution in [0.25, 0.3) is 0 Å². The number of rotatable bonds is 6. The molecule has 0 spiro atoms. The molecule has 2 aliphatic carbocycles. The lowest BCUT2D eigenvalue weighted by Gasteiger charge is -2.26. The van der Waals surface area contributed by atoms with E-state index in [1.54, 1.807) is 18.2 Å². The van der Waals surface area contributed by atoms with Crippen molar-refractivity contribution in [1.29, 1.82) is 0 Å². The van der Waals surface area contributed by atoms with Gasteiger partial charge < -0.3 is 10.6 Å². The van der Waals surface area contributed by atoms with Crippen molar-refractivity contribution in [2.24, 2.45) is 11.8 Å². The molecular weight excluding hydrogens is 325 g/mol. The van der Waals surface area contributed by atoms with Crippen molar-refractivity contribution in [2.45, 2.75) is 37.8 Å². The zero-order valence-corrected chi connectivity index (χ0v) is 13.8. The maximum atomic E-state index is 13.6. The van der Waals surface area contributed by atoms with Gasteiger partial charge in [0, 0.05) is 12.1 Å². The lowest BCUT2D eigenvalue weighted by Crippen LogP contribution is -2.51. The van der Waals surface area contributed by atoms with Crippen LogP contribution in [0.5, 0.6) is 0 Å². The number of imide groups is 1. The lowest BCUT2D eigenvalue weighted by molar-refractivity contribution is -0.136. The minimum absolute atomic E-state index is 0.0194. The van der Waals surface area contributed by atoms with Gasteiger partial charge in [0.15, 0.2) is 0 Å². The van der Waals surface area contributed by atoms with Gasteiger partial charge in [-0.25, -0.2) is 9.18 Å². The second-order valence-corrected chi connectivity index (χ2v) is 7.11. The molecule has 7 heteroatoms. The van der Waals surface area contributed by atoms with Crippen molar-refractivity contribution >= 4 is 17.8 Å². The quantitative estimate of drug-likeness (QED) is 0.768. The first kappa shape index (κ1) is 16.1. The fourth-order valence-electron chi connectivity index (χ4n) is 3.76. The molecule has 0 radical (unpaired) electrons. The summed E-state index contributed by atoms with van der Waals surface area (Å²) < 4.78 is 13.6. The maximum Gasteiger partial charge on any atom is 0.325 e. The third-order valence-corrected chi connectivity index (χ3v) is 5.34. The highest BCUT2D eigenvalue weighted by molar-refractivity contribution is 6.09. The van der Waals surface area contributed by atoms with Gasteiger partial charge in [0.25, 0.3) is 5.91 Å². The molecule has 4 rings (SSSR count). The number of urea groups is 1. The summed E-state index contributed by atoms with van der Waals surface area (Å²) >= 11 is 0. The number of hydrogen-bond donors (Lipinski definition) is 2. The van der Waals surface area contributed by atoms with Gasteiger partial charge in [-0.05, 0) is 43.6 Å². The summed E-state index contributed by atoms with van der Waals surface area (Å²) in [7, 11) is 0. The third-order valence-electron chi connectivity index (χ3n) is 5.34. The average Bonchev–Trinajstić information content (AvgIpc) is 3.47. The molecule has 3 fully saturated rings. The number of hydrogen-bond acceptors (Lipinski definition) is 3. The molecule has 25 heavy (non-hydrogen) atoms. The highest BCUT2D eigenvalue weighted by Crippen LogP contribution is 2.54. The van der Waals surface area contributed by atoms with Crippen LogP contribution in [0, 0.1) is 17.7 Å². The van der Waals surface area contributed by atoms with E-state index in [1.165, 1.54) is 6.07 Å². The van der Waals surface area contributed by atoms with Crippen LogP contribution in [0.15, 0.2) is 24.3 Å². The fourth-order valence-corrected chi connectivity index (χ4v) is 3.76. The molecule has 1 heterocycles. The molecular formula is C18H20FN3O3. The first-order valence-electron chi connectivity index (χ1n) is 8.66. The molecule has 1 aromatic rings. The molecule has 4 amide bonds. The van der Waals surface area contributed by atoms with Crippen molar-refractivity contribution in [2.75, 3.05) is 6.54 Å². The molecule has 1 aliphatic heterocycles. The number of carbonyl (C=O) groups excluding carboxylic acids is 3. The third kappa shape index (κ3) is 2.77. The predicted molar refractivity (Wildman–Crippen MR) is 86.7 cm³/mol. The van der Waals surface area contributed by atoms with E-state index in [1.807, 2.05) is 0 Å². The van der Waals surface area contributed by atoms with Crippen LogP contribution >= 0.6 is 0 Å². The standard InChI is InChI=1S/C18H20FN3O3/c19-14-4-2-1-3-11(14)9-20-15(23)10-22-16(24)18(12-5-6-12,13-7-8-13)21-17(22)25/h1-4,12-13H,5-10H2,(H,20,23)(H,21,25). The van der Waals surface area contributed by atoms with Gasteiger partial charge >= 0.3 is 6.03 Å². The zero-order valence-electron chi connectivity index (χ0n) is 13.8. The predicted octanol–water partition coefficient (Wildman–Crippen LogP) is 1.55. The van der Waals surface area contributed by atoms with E-state index in [4.69, 9.17) is 0 Å². The summed E-state index contributed by atoms with van der Waals surface area (Å²) in [6.45, 7) is -0.314. The number of halogens is 1. The molecule has 6 nitrogen and oxygen atoms in total. The molecule has 1 aromatic carbocycles. The first-order chi connectivity index (χ1) is 12.0. The van der Waals surface area contributed by atoms with Crippen LogP contribution < -0.4 is 10.6 Å². The van der Waals surface area contributed by atoms with E-state index in [0.29, 0.717) is 5.56 Å². The average molecular weight is 345 g/mol. The van der Waals surface area contributed by atoms with E-state index in [9.17, 15) is 18.8 Å². The van der Waals surface area contributed by atoms with Gasteiger partial charge in [0.1, 0.15) is 17.9 Å². The minimum atomic E-state index is -0.789. The monoisotopic (exact) mass is 345 g/mol. The summed E-state index contributed by atoms with van der Waals surface area (Å²) in [6.07, 6.45) is 3.76. The van der Waals surface area contributed by atoms with Crippen molar-refractivity contribution in [3.8, 4) is 0 Å². The molecule has 2 N–H and O–H groups in total. The summed E-state index contributed by atoms with van der Waals surface area (Å²) in [6, 6.07) is 5.66. The molecule has 0 bridgehead atoms. The Kier molecular flexibility index (Phi) is 3.74. The molecule has 132 valence electrons. The lowest BCUT2D eigenvalue weighted by atomic mass is 9.87. The number of nitrogens with one attached hydrogen (secondary N) is 2. The number of carbonyl (C=O) groups is 3. The van der Waals surface area contributed by atoms with Crippen LogP contribution in [0.3, 0.4) is 0 Å². The Morgan fingerprint density at radius 1 is 1.20 bits per heavy atom. The largest absolute Gasteiger partial charge is 0.350 e. The van der Waals surface area contributed by atoms with Crippen LogP contribution in [-0.4, -0.2) is 34.8 Å².